The quantitative estimate of drug-likeness (QED) is 0.441. The van der Waals surface area contributed by atoms with Crippen LogP contribution in [0.1, 0.15) is 64.7 Å². The highest BCUT2D eigenvalue weighted by atomic mass is 32.2. The molecule has 0 aromatic carbocycles. The molecule has 9 nitrogen and oxygen atoms in total. The molecular formula is C25H40N4O5S. The third kappa shape index (κ3) is 8.45. The lowest BCUT2D eigenvalue weighted by atomic mass is 9.82. The predicted octanol–water partition coefficient (Wildman–Crippen LogP) is 2.62. The Hall–Kier alpha value is -2.20. The molecule has 2 N–H and O–H groups in total. The first-order valence-electron chi connectivity index (χ1n) is 12.8. The molecule has 0 spiro atoms. The van der Waals surface area contributed by atoms with Crippen molar-refractivity contribution in [2.45, 2.75) is 76.8 Å². The van der Waals surface area contributed by atoms with Crippen molar-refractivity contribution in [1.29, 1.82) is 0 Å². The Morgan fingerprint density at radius 2 is 1.77 bits per heavy atom. The minimum atomic E-state index is -3.52. The molecule has 1 aromatic heterocycles. The molecule has 2 aliphatic rings. The first-order valence-corrected chi connectivity index (χ1v) is 14.5. The number of piperidine rings is 1. The van der Waals surface area contributed by atoms with E-state index in [4.69, 9.17) is 4.74 Å². The van der Waals surface area contributed by atoms with Crippen molar-refractivity contribution in [2.75, 3.05) is 30.9 Å². The van der Waals surface area contributed by atoms with Crippen LogP contribution < -0.4 is 14.9 Å². The van der Waals surface area contributed by atoms with Crippen molar-refractivity contribution >= 4 is 27.6 Å². The predicted molar refractivity (Wildman–Crippen MR) is 135 cm³/mol. The van der Waals surface area contributed by atoms with Crippen molar-refractivity contribution in [1.82, 2.24) is 15.0 Å². The third-order valence-electron chi connectivity index (χ3n) is 7.23. The maximum atomic E-state index is 12.9. The lowest BCUT2D eigenvalue weighted by Crippen LogP contribution is -2.46. The van der Waals surface area contributed by atoms with E-state index in [0.29, 0.717) is 12.8 Å². The Morgan fingerprint density at radius 3 is 2.37 bits per heavy atom. The normalized spacial score (nSPS) is 22.4. The molecule has 2 fully saturated rings. The lowest BCUT2D eigenvalue weighted by Gasteiger charge is -2.35. The van der Waals surface area contributed by atoms with E-state index in [0.717, 1.165) is 63.7 Å². The summed E-state index contributed by atoms with van der Waals surface area (Å²) in [5, 5.41) is 3.24. The summed E-state index contributed by atoms with van der Waals surface area (Å²) in [5.74, 6) is -0.147. The number of hydrogen-bond donors (Lipinski definition) is 2. The Kier molecular flexibility index (Phi) is 10.3. The van der Waals surface area contributed by atoms with Crippen molar-refractivity contribution in [3.8, 4) is 0 Å². The van der Waals surface area contributed by atoms with E-state index in [1.165, 1.54) is 7.11 Å². The topological polar surface area (TPSA) is 118 Å². The number of carbonyl (C=O) groups excluding carboxylic acids is 2. The molecule has 1 unspecified atom stereocenters. The maximum absolute atomic E-state index is 12.9. The minimum absolute atomic E-state index is 0.0112. The van der Waals surface area contributed by atoms with Gasteiger partial charge in [0.25, 0.3) is 0 Å². The van der Waals surface area contributed by atoms with Crippen LogP contribution in [-0.2, 0) is 24.3 Å². The largest absolute Gasteiger partial charge is 0.468 e. The molecule has 0 bridgehead atoms. The summed E-state index contributed by atoms with van der Waals surface area (Å²) >= 11 is 0. The Labute approximate surface area is 209 Å². The number of nitrogens with zero attached hydrogens (tertiary/aromatic N) is 2. The first kappa shape index (κ1) is 27.4. The van der Waals surface area contributed by atoms with Gasteiger partial charge in [-0.15, -0.1) is 0 Å². The van der Waals surface area contributed by atoms with E-state index in [1.54, 1.807) is 12.4 Å². The number of unbranched alkanes of at least 4 members (excludes halogenated alkanes) is 1. The summed E-state index contributed by atoms with van der Waals surface area (Å²) in [4.78, 5) is 31.4. The number of amides is 1. The van der Waals surface area contributed by atoms with Crippen molar-refractivity contribution in [3.05, 3.63) is 24.5 Å². The summed E-state index contributed by atoms with van der Waals surface area (Å²) < 4.78 is 32.0. The van der Waals surface area contributed by atoms with Gasteiger partial charge in [-0.25, -0.2) is 13.1 Å². The molecule has 1 saturated heterocycles. The second-order valence-corrected chi connectivity index (χ2v) is 11.7. The molecule has 1 aliphatic heterocycles. The first-order chi connectivity index (χ1) is 16.8. The second kappa shape index (κ2) is 13.2. The zero-order valence-corrected chi connectivity index (χ0v) is 21.8. The van der Waals surface area contributed by atoms with Crippen LogP contribution in [-0.4, -0.2) is 63.3 Å². The van der Waals surface area contributed by atoms with Gasteiger partial charge in [-0.2, -0.15) is 0 Å². The van der Waals surface area contributed by atoms with Gasteiger partial charge in [0, 0.05) is 43.1 Å². The molecule has 1 amide bonds. The van der Waals surface area contributed by atoms with E-state index in [-0.39, 0.29) is 29.5 Å². The molecule has 1 aromatic rings. The standard InChI is InChI=1S/C25H40N4O5S/c1-3-4-17-35(32,33)28-23(25(31)34-2)18-19-5-7-21(8-6-19)27-24(30)20-11-15-29(16-12-20)22-9-13-26-14-10-22/h9-10,13-14,19-21,23,28H,3-8,11-12,15-18H2,1-2H3,(H,27,30)/t19-,21-,23?. The number of hydrogen-bond acceptors (Lipinski definition) is 7. The van der Waals surface area contributed by atoms with Gasteiger partial charge < -0.3 is 15.0 Å². The molecule has 1 atom stereocenters. The smallest absolute Gasteiger partial charge is 0.323 e. The number of esters is 1. The number of rotatable bonds is 11. The molecule has 196 valence electrons. The minimum Gasteiger partial charge on any atom is -0.468 e. The number of nitrogens with one attached hydrogen (secondary N) is 2. The number of anilines is 1. The van der Waals surface area contributed by atoms with Gasteiger partial charge in [0.1, 0.15) is 6.04 Å². The van der Waals surface area contributed by atoms with Gasteiger partial charge in [0.15, 0.2) is 0 Å². The van der Waals surface area contributed by atoms with Crippen LogP contribution in [0.2, 0.25) is 0 Å². The van der Waals surface area contributed by atoms with Gasteiger partial charge in [0.05, 0.1) is 12.9 Å². The summed E-state index contributed by atoms with van der Waals surface area (Å²) in [6.07, 6.45) is 10.4. The average Bonchev–Trinajstić information content (AvgIpc) is 2.88. The summed E-state index contributed by atoms with van der Waals surface area (Å²) in [6, 6.07) is 3.28. The third-order valence-corrected chi connectivity index (χ3v) is 8.70. The molecule has 3 rings (SSSR count). The molecule has 1 aliphatic carbocycles. The number of carbonyl (C=O) groups is 2. The highest BCUT2D eigenvalue weighted by Crippen LogP contribution is 2.29. The fraction of sp³-hybridized carbons (Fsp3) is 0.720. The number of ether oxygens (including phenoxy) is 1. The fourth-order valence-corrected chi connectivity index (χ4v) is 6.51. The maximum Gasteiger partial charge on any atom is 0.323 e. The second-order valence-electron chi connectivity index (χ2n) is 9.79. The average molecular weight is 509 g/mol. The van der Waals surface area contributed by atoms with Crippen LogP contribution in [0, 0.1) is 11.8 Å². The lowest BCUT2D eigenvalue weighted by molar-refractivity contribution is -0.143. The Balaban J connectivity index is 1.42. The van der Waals surface area contributed by atoms with Crippen LogP contribution in [0.3, 0.4) is 0 Å². The molecule has 10 heteroatoms. The monoisotopic (exact) mass is 508 g/mol. The van der Waals surface area contributed by atoms with Crippen LogP contribution >= 0.6 is 0 Å². The van der Waals surface area contributed by atoms with Crippen molar-refractivity contribution in [2.24, 2.45) is 11.8 Å². The molecule has 2 heterocycles. The van der Waals surface area contributed by atoms with Gasteiger partial charge >= 0.3 is 5.97 Å². The summed E-state index contributed by atoms with van der Waals surface area (Å²) in [7, 11) is -2.24. The van der Waals surface area contributed by atoms with E-state index in [1.807, 2.05) is 19.1 Å². The van der Waals surface area contributed by atoms with Crippen LogP contribution in [0.5, 0.6) is 0 Å². The van der Waals surface area contributed by atoms with Gasteiger partial charge in [-0.3, -0.25) is 14.6 Å². The zero-order chi connectivity index (χ0) is 25.3. The van der Waals surface area contributed by atoms with Crippen LogP contribution in [0.15, 0.2) is 24.5 Å². The van der Waals surface area contributed by atoms with Crippen molar-refractivity contribution < 1.29 is 22.7 Å². The molecule has 35 heavy (non-hydrogen) atoms. The Bertz CT molecular complexity index is 911. The van der Waals surface area contributed by atoms with E-state index >= 15 is 0 Å². The number of aromatic nitrogens is 1. The van der Waals surface area contributed by atoms with Gasteiger partial charge in [-0.1, -0.05) is 13.3 Å². The number of sulfonamides is 1. The number of methoxy groups -OCH3 is 1. The fourth-order valence-electron chi connectivity index (χ4n) is 5.09. The van der Waals surface area contributed by atoms with Crippen LogP contribution in [0.4, 0.5) is 5.69 Å². The highest BCUT2D eigenvalue weighted by Gasteiger charge is 2.32. The summed E-state index contributed by atoms with van der Waals surface area (Å²) in [5.41, 5.74) is 1.15. The van der Waals surface area contributed by atoms with Gasteiger partial charge in [-0.05, 0) is 69.4 Å². The Morgan fingerprint density at radius 1 is 1.11 bits per heavy atom. The van der Waals surface area contributed by atoms with Crippen molar-refractivity contribution in [3.63, 3.8) is 0 Å². The molecule has 0 radical (unpaired) electrons. The number of pyridine rings is 1. The van der Waals surface area contributed by atoms with Gasteiger partial charge in [0.2, 0.25) is 15.9 Å². The van der Waals surface area contributed by atoms with E-state index < -0.39 is 22.0 Å². The SMILES string of the molecule is CCCCS(=O)(=O)NC(C[C@H]1CC[C@H](NC(=O)C2CCN(c3ccncc3)CC2)CC1)C(=O)OC. The summed E-state index contributed by atoms with van der Waals surface area (Å²) in [6.45, 7) is 3.64. The molecular weight excluding hydrogens is 468 g/mol. The highest BCUT2D eigenvalue weighted by molar-refractivity contribution is 7.89. The van der Waals surface area contributed by atoms with E-state index in [9.17, 15) is 18.0 Å². The molecule has 1 saturated carbocycles. The zero-order valence-electron chi connectivity index (χ0n) is 20.9. The van der Waals surface area contributed by atoms with Crippen LogP contribution in [0.25, 0.3) is 0 Å². The van der Waals surface area contributed by atoms with E-state index in [2.05, 4.69) is 19.9 Å².